The fourth-order valence-corrected chi connectivity index (χ4v) is 2.98. The lowest BCUT2D eigenvalue weighted by Gasteiger charge is -2.14. The van der Waals surface area contributed by atoms with Gasteiger partial charge < -0.3 is 4.74 Å². The average molecular weight is 411 g/mol. The van der Waals surface area contributed by atoms with E-state index in [9.17, 15) is 0 Å². The average Bonchev–Trinajstić information content (AvgIpc) is 2.36. The quantitative estimate of drug-likeness (QED) is 0.340. The Bertz CT molecular complexity index is 665. The molecule has 0 unspecified atom stereocenters. The number of hydrogen-bond acceptors (Lipinski definition) is 3. The van der Waals surface area contributed by atoms with Gasteiger partial charge in [0.2, 0.25) is 11.2 Å². The fraction of sp³-hybridized carbons (Fsp3) is 0.286. The first-order valence-electron chi connectivity index (χ1n) is 6.17. The second-order valence-corrected chi connectivity index (χ2v) is 6.38. The highest BCUT2D eigenvalue weighted by Crippen LogP contribution is 2.35. The molecule has 3 nitrogen and oxygen atoms in total. The molecule has 0 radical (unpaired) electrons. The van der Waals surface area contributed by atoms with Gasteiger partial charge >= 0.3 is 0 Å². The van der Waals surface area contributed by atoms with Crippen molar-refractivity contribution >= 4 is 50.7 Å². The molecule has 0 saturated carbocycles. The number of benzene rings is 1. The summed E-state index contributed by atoms with van der Waals surface area (Å²) >= 11 is 21.5. The van der Waals surface area contributed by atoms with Gasteiger partial charge in [0.25, 0.3) is 0 Å². The van der Waals surface area contributed by atoms with E-state index in [2.05, 4.69) is 25.9 Å². The first kappa shape index (κ1) is 16.8. The molecule has 1 aromatic carbocycles. The lowest BCUT2D eigenvalue weighted by molar-refractivity contribution is 0.451. The van der Waals surface area contributed by atoms with E-state index in [-0.39, 0.29) is 11.2 Å². The summed E-state index contributed by atoms with van der Waals surface area (Å²) in [4.78, 5) is 8.08. The van der Waals surface area contributed by atoms with Gasteiger partial charge in [-0.25, -0.2) is 4.98 Å². The van der Waals surface area contributed by atoms with Crippen LogP contribution in [-0.2, 0) is 5.33 Å². The molecule has 1 heterocycles. The summed E-state index contributed by atoms with van der Waals surface area (Å²) in [6.07, 6.45) is 0. The highest BCUT2D eigenvalue weighted by molar-refractivity contribution is 9.08. The van der Waals surface area contributed by atoms with Crippen LogP contribution in [0, 0.1) is 0 Å². The maximum atomic E-state index is 6.14. The third-order valence-electron chi connectivity index (χ3n) is 2.71. The van der Waals surface area contributed by atoms with Crippen LogP contribution in [0.5, 0.6) is 11.6 Å². The van der Waals surface area contributed by atoms with Crippen LogP contribution in [0.25, 0.3) is 0 Å². The largest absolute Gasteiger partial charge is 0.438 e. The number of hydrogen-bond donors (Lipinski definition) is 0. The van der Waals surface area contributed by atoms with Crippen LogP contribution in [-0.4, -0.2) is 9.97 Å². The molecule has 0 spiro atoms. The summed E-state index contributed by atoms with van der Waals surface area (Å²) in [5, 5.41) is 1.59. The van der Waals surface area contributed by atoms with E-state index < -0.39 is 0 Å². The molecular weight excluding hydrogens is 398 g/mol. The molecule has 1 aromatic heterocycles. The number of alkyl halides is 1. The Balaban J connectivity index is 2.46. The standard InChI is InChI=1S/C14H12BrCl3N2O/c1-7(2)11-12(17)19-14(18)20-13(11)21-10-4-8(6-15)3-9(16)5-10/h3-5,7H,6H2,1-2H3. The Kier molecular flexibility index (Phi) is 5.72. The first-order chi connectivity index (χ1) is 9.90. The van der Waals surface area contributed by atoms with Crippen molar-refractivity contribution in [1.82, 2.24) is 9.97 Å². The normalized spacial score (nSPS) is 11.0. The number of ether oxygens (including phenoxy) is 1. The molecular formula is C14H12BrCl3N2O. The predicted octanol–water partition coefficient (Wildman–Crippen LogP) is 6.25. The molecule has 0 bridgehead atoms. The number of rotatable bonds is 4. The zero-order valence-electron chi connectivity index (χ0n) is 11.3. The lowest BCUT2D eigenvalue weighted by Crippen LogP contribution is -2.01. The zero-order chi connectivity index (χ0) is 15.6. The highest BCUT2D eigenvalue weighted by atomic mass is 79.9. The van der Waals surface area contributed by atoms with Gasteiger partial charge in [-0.1, -0.05) is 53.0 Å². The van der Waals surface area contributed by atoms with Crippen molar-refractivity contribution in [2.24, 2.45) is 0 Å². The molecule has 0 fully saturated rings. The third kappa shape index (κ3) is 4.22. The molecule has 7 heteroatoms. The second kappa shape index (κ2) is 7.14. The Morgan fingerprint density at radius 1 is 1.14 bits per heavy atom. The molecule has 0 atom stereocenters. The Labute approximate surface area is 146 Å². The van der Waals surface area contributed by atoms with Crippen molar-refractivity contribution < 1.29 is 4.74 Å². The van der Waals surface area contributed by atoms with Crippen LogP contribution in [0.4, 0.5) is 0 Å². The maximum absolute atomic E-state index is 6.14. The summed E-state index contributed by atoms with van der Waals surface area (Å²) in [6.45, 7) is 3.96. The fourth-order valence-electron chi connectivity index (χ4n) is 1.83. The third-order valence-corrected chi connectivity index (χ3v) is 4.04. The van der Waals surface area contributed by atoms with Crippen molar-refractivity contribution in [3.8, 4) is 11.6 Å². The van der Waals surface area contributed by atoms with Gasteiger partial charge in [0.05, 0.1) is 5.56 Å². The van der Waals surface area contributed by atoms with Crippen LogP contribution >= 0.6 is 50.7 Å². The van der Waals surface area contributed by atoms with Crippen molar-refractivity contribution in [2.45, 2.75) is 25.1 Å². The van der Waals surface area contributed by atoms with E-state index in [1.165, 1.54) is 0 Å². The van der Waals surface area contributed by atoms with E-state index in [0.29, 0.717) is 32.7 Å². The smallest absolute Gasteiger partial charge is 0.228 e. The summed E-state index contributed by atoms with van der Waals surface area (Å²) in [7, 11) is 0. The van der Waals surface area contributed by atoms with Gasteiger partial charge in [-0.3, -0.25) is 0 Å². The maximum Gasteiger partial charge on any atom is 0.228 e. The monoisotopic (exact) mass is 408 g/mol. The minimum Gasteiger partial charge on any atom is -0.438 e. The number of nitrogens with zero attached hydrogens (tertiary/aromatic N) is 2. The molecule has 0 amide bonds. The summed E-state index contributed by atoms with van der Waals surface area (Å²) in [5.74, 6) is 1.02. The molecule has 0 aliphatic carbocycles. The minimum atomic E-state index is 0.0437. The van der Waals surface area contributed by atoms with Gasteiger partial charge in [-0.15, -0.1) is 0 Å². The van der Waals surface area contributed by atoms with Crippen LogP contribution in [0.3, 0.4) is 0 Å². The van der Waals surface area contributed by atoms with Crippen LogP contribution < -0.4 is 4.74 Å². The molecule has 2 rings (SSSR count). The highest BCUT2D eigenvalue weighted by Gasteiger charge is 2.18. The van der Waals surface area contributed by atoms with E-state index in [4.69, 9.17) is 39.5 Å². The van der Waals surface area contributed by atoms with E-state index >= 15 is 0 Å². The minimum absolute atomic E-state index is 0.0437. The molecule has 21 heavy (non-hydrogen) atoms. The van der Waals surface area contributed by atoms with Gasteiger partial charge in [-0.05, 0) is 41.3 Å². The molecule has 112 valence electrons. The molecule has 0 aliphatic heterocycles. The van der Waals surface area contributed by atoms with Crippen molar-refractivity contribution in [1.29, 1.82) is 0 Å². The van der Waals surface area contributed by atoms with Gasteiger partial charge in [0.15, 0.2) is 0 Å². The molecule has 0 N–H and O–H groups in total. The summed E-state index contributed by atoms with van der Waals surface area (Å²) in [5.41, 5.74) is 1.70. The Morgan fingerprint density at radius 3 is 2.48 bits per heavy atom. The van der Waals surface area contributed by atoms with E-state index in [1.807, 2.05) is 26.0 Å². The SMILES string of the molecule is CC(C)c1c(Cl)nc(Cl)nc1Oc1cc(Cl)cc(CBr)c1. The number of halogens is 4. The van der Waals surface area contributed by atoms with Crippen LogP contribution in [0.15, 0.2) is 18.2 Å². The molecule has 2 aromatic rings. The summed E-state index contributed by atoms with van der Waals surface area (Å²) in [6, 6.07) is 5.43. The van der Waals surface area contributed by atoms with E-state index in [1.54, 1.807) is 6.07 Å². The second-order valence-electron chi connectivity index (χ2n) is 4.69. The Morgan fingerprint density at radius 2 is 1.86 bits per heavy atom. The summed E-state index contributed by atoms with van der Waals surface area (Å²) < 4.78 is 5.83. The van der Waals surface area contributed by atoms with E-state index in [0.717, 1.165) is 5.56 Å². The van der Waals surface area contributed by atoms with Gasteiger partial charge in [0.1, 0.15) is 10.9 Å². The van der Waals surface area contributed by atoms with Crippen molar-refractivity contribution in [3.05, 3.63) is 44.8 Å². The lowest BCUT2D eigenvalue weighted by atomic mass is 10.1. The first-order valence-corrected chi connectivity index (χ1v) is 8.42. The predicted molar refractivity (Wildman–Crippen MR) is 90.3 cm³/mol. The topological polar surface area (TPSA) is 35.0 Å². The molecule has 0 aliphatic rings. The van der Waals surface area contributed by atoms with Crippen molar-refractivity contribution in [2.75, 3.05) is 0 Å². The van der Waals surface area contributed by atoms with Crippen LogP contribution in [0.2, 0.25) is 15.5 Å². The van der Waals surface area contributed by atoms with Crippen LogP contribution in [0.1, 0.15) is 30.9 Å². The van der Waals surface area contributed by atoms with Gasteiger partial charge in [-0.2, -0.15) is 4.98 Å². The Hall–Kier alpha value is -0.550. The van der Waals surface area contributed by atoms with Gasteiger partial charge in [0, 0.05) is 10.4 Å². The molecule has 0 saturated heterocycles. The van der Waals surface area contributed by atoms with Crippen molar-refractivity contribution in [3.63, 3.8) is 0 Å². The number of aromatic nitrogens is 2. The zero-order valence-corrected chi connectivity index (χ0v) is 15.2.